The molecule has 0 aromatic carbocycles. The highest BCUT2D eigenvalue weighted by molar-refractivity contribution is 7.51. The Morgan fingerprint density at radius 1 is 1.24 bits per heavy atom. The van der Waals surface area contributed by atoms with Crippen LogP contribution < -0.4 is 0 Å². The molecule has 7 heteroatoms. The maximum atomic E-state index is 11.6. The highest BCUT2D eigenvalue weighted by Crippen LogP contribution is 2.44. The van der Waals surface area contributed by atoms with E-state index in [4.69, 9.17) is 9.79 Å². The summed E-state index contributed by atoms with van der Waals surface area (Å²) in [6.45, 7) is 2.10. The molecule has 0 spiro atoms. The fraction of sp³-hybridized carbons (Fsp3) is 0.714. The summed E-state index contributed by atoms with van der Waals surface area (Å²) in [6, 6.07) is 0. The fourth-order valence-corrected chi connectivity index (χ4v) is 3.70. The molecule has 2 N–H and O–H groups in total. The lowest BCUT2D eigenvalue weighted by Crippen LogP contribution is -2.45. The van der Waals surface area contributed by atoms with E-state index in [0.29, 0.717) is 12.8 Å². The van der Waals surface area contributed by atoms with Crippen molar-refractivity contribution in [3.05, 3.63) is 34.4 Å². The van der Waals surface area contributed by atoms with E-state index in [1.165, 1.54) is 6.08 Å². The molecule has 0 aromatic rings. The quantitative estimate of drug-likeness (QED) is 0.294. The Morgan fingerprint density at radius 3 is 2.48 bits per heavy atom. The number of allylic oxidation sites excluding steroid dienone is 2. The largest absolute Gasteiger partial charge is 0.326 e. The highest BCUT2D eigenvalue weighted by atomic mass is 31.2. The van der Waals surface area contributed by atoms with Gasteiger partial charge in [0, 0.05) is 11.3 Å². The minimum atomic E-state index is -4.29. The lowest BCUT2D eigenvalue weighted by molar-refractivity contribution is -0.563. The van der Waals surface area contributed by atoms with Crippen molar-refractivity contribution in [1.29, 1.82) is 0 Å². The zero-order chi connectivity index (χ0) is 15.9. The molecule has 0 heterocycles. The Balaban J connectivity index is 2.79. The highest BCUT2D eigenvalue weighted by Gasteiger charge is 2.49. The predicted octanol–water partition coefficient (Wildman–Crippen LogP) is 3.28. The Bertz CT molecular complexity index is 456. The summed E-state index contributed by atoms with van der Waals surface area (Å²) in [6.07, 6.45) is 10.9. The first-order chi connectivity index (χ1) is 9.82. The van der Waals surface area contributed by atoms with E-state index in [-0.39, 0.29) is 4.92 Å². The van der Waals surface area contributed by atoms with Crippen LogP contribution in [0.25, 0.3) is 0 Å². The maximum absolute atomic E-state index is 11.6. The van der Waals surface area contributed by atoms with Crippen molar-refractivity contribution in [2.75, 3.05) is 6.16 Å². The van der Waals surface area contributed by atoms with Crippen molar-refractivity contribution >= 4 is 7.60 Å². The molecule has 0 saturated heterocycles. The summed E-state index contributed by atoms with van der Waals surface area (Å²) in [5, 5.41) is 11.6. The van der Waals surface area contributed by atoms with Crippen LogP contribution in [0.15, 0.2) is 24.3 Å². The molecule has 0 aliphatic heterocycles. The first-order valence-corrected chi connectivity index (χ1v) is 9.16. The smallest absolute Gasteiger partial charge is 0.324 e. The van der Waals surface area contributed by atoms with Gasteiger partial charge in [-0.2, -0.15) is 0 Å². The number of hydrogen-bond acceptors (Lipinski definition) is 3. The van der Waals surface area contributed by atoms with Gasteiger partial charge in [0.25, 0.3) is 0 Å². The molecule has 2 atom stereocenters. The van der Waals surface area contributed by atoms with Gasteiger partial charge in [-0.05, 0) is 12.5 Å². The Kier molecular flexibility index (Phi) is 6.78. The molecule has 2 unspecified atom stereocenters. The van der Waals surface area contributed by atoms with Gasteiger partial charge in [-0.15, -0.1) is 0 Å². The van der Waals surface area contributed by atoms with Gasteiger partial charge in [-0.3, -0.25) is 14.7 Å². The van der Waals surface area contributed by atoms with Gasteiger partial charge >= 0.3 is 7.60 Å². The van der Waals surface area contributed by atoms with Crippen LogP contribution in [0.4, 0.5) is 0 Å². The summed E-state index contributed by atoms with van der Waals surface area (Å²) < 4.78 is 11.2. The molecule has 0 fully saturated rings. The number of nitro groups is 1. The van der Waals surface area contributed by atoms with Crippen molar-refractivity contribution in [2.45, 2.75) is 51.0 Å². The van der Waals surface area contributed by atoms with Crippen LogP contribution in [-0.2, 0) is 4.57 Å². The fourth-order valence-electron chi connectivity index (χ4n) is 2.75. The maximum Gasteiger partial charge on any atom is 0.326 e. The number of nitrogens with zero attached hydrogens (tertiary/aromatic N) is 1. The number of hydrogen-bond donors (Lipinski definition) is 2. The standard InChI is InChI=1S/C14H24NO5P/c1-2-3-4-5-7-10-14(15(16)17)11-8-6-9-13(14)12-21(18,19)20/h6,8-9,11,13H,2-5,7,10,12H2,1H3,(H2,18,19,20). The average molecular weight is 317 g/mol. The predicted molar refractivity (Wildman–Crippen MR) is 81.8 cm³/mol. The van der Waals surface area contributed by atoms with E-state index in [1.54, 1.807) is 18.2 Å². The van der Waals surface area contributed by atoms with Gasteiger partial charge in [-0.25, -0.2) is 0 Å². The molecule has 0 bridgehead atoms. The molecule has 21 heavy (non-hydrogen) atoms. The molecule has 0 radical (unpaired) electrons. The molecule has 0 saturated carbocycles. The zero-order valence-electron chi connectivity index (χ0n) is 12.4. The Hall–Kier alpha value is -0.970. The van der Waals surface area contributed by atoms with Gasteiger partial charge in [0.1, 0.15) is 0 Å². The molecular weight excluding hydrogens is 293 g/mol. The van der Waals surface area contributed by atoms with Crippen molar-refractivity contribution in [3.63, 3.8) is 0 Å². The first-order valence-electron chi connectivity index (χ1n) is 7.37. The first kappa shape index (κ1) is 18.1. The van der Waals surface area contributed by atoms with E-state index < -0.39 is 25.2 Å². The van der Waals surface area contributed by atoms with Gasteiger partial charge in [0.15, 0.2) is 0 Å². The van der Waals surface area contributed by atoms with Crippen LogP contribution in [0, 0.1) is 16.0 Å². The van der Waals surface area contributed by atoms with Crippen LogP contribution >= 0.6 is 7.60 Å². The van der Waals surface area contributed by atoms with Crippen LogP contribution in [0.3, 0.4) is 0 Å². The molecule has 120 valence electrons. The zero-order valence-corrected chi connectivity index (χ0v) is 13.2. The Labute approximate surface area is 125 Å². The minimum absolute atomic E-state index is 0.315. The molecule has 6 nitrogen and oxygen atoms in total. The second kappa shape index (κ2) is 7.87. The minimum Gasteiger partial charge on any atom is -0.324 e. The second-order valence-corrected chi connectivity index (χ2v) is 7.30. The van der Waals surface area contributed by atoms with E-state index in [9.17, 15) is 14.7 Å². The average Bonchev–Trinajstić information content (AvgIpc) is 2.38. The number of rotatable bonds is 9. The van der Waals surface area contributed by atoms with Crippen LogP contribution in [0.5, 0.6) is 0 Å². The second-order valence-electron chi connectivity index (χ2n) is 5.61. The van der Waals surface area contributed by atoms with E-state index >= 15 is 0 Å². The molecule has 0 aromatic heterocycles. The van der Waals surface area contributed by atoms with Crippen LogP contribution in [0.1, 0.15) is 45.4 Å². The normalized spacial score (nSPS) is 25.2. The van der Waals surface area contributed by atoms with E-state index in [2.05, 4.69) is 6.92 Å². The summed E-state index contributed by atoms with van der Waals surface area (Å²) in [7, 11) is -4.29. The van der Waals surface area contributed by atoms with E-state index in [0.717, 1.165) is 25.7 Å². The third-order valence-electron chi connectivity index (χ3n) is 3.94. The summed E-state index contributed by atoms with van der Waals surface area (Å²) >= 11 is 0. The van der Waals surface area contributed by atoms with Crippen LogP contribution in [-0.4, -0.2) is 26.4 Å². The summed E-state index contributed by atoms with van der Waals surface area (Å²) in [4.78, 5) is 29.5. The summed E-state index contributed by atoms with van der Waals surface area (Å²) in [5.41, 5.74) is -1.39. The lowest BCUT2D eigenvalue weighted by atomic mass is 9.78. The van der Waals surface area contributed by atoms with Crippen LogP contribution in [0.2, 0.25) is 0 Å². The van der Waals surface area contributed by atoms with Crippen molar-refractivity contribution < 1.29 is 19.3 Å². The van der Waals surface area contributed by atoms with Gasteiger partial charge in [0.05, 0.1) is 12.1 Å². The Morgan fingerprint density at radius 2 is 1.90 bits per heavy atom. The topological polar surface area (TPSA) is 101 Å². The van der Waals surface area contributed by atoms with E-state index in [1.807, 2.05) is 0 Å². The monoisotopic (exact) mass is 317 g/mol. The molecular formula is C14H24NO5P. The van der Waals surface area contributed by atoms with Gasteiger partial charge in [-0.1, -0.05) is 50.8 Å². The van der Waals surface area contributed by atoms with Crippen molar-refractivity contribution in [3.8, 4) is 0 Å². The molecule has 1 rings (SSSR count). The third kappa shape index (κ3) is 5.38. The third-order valence-corrected chi connectivity index (χ3v) is 4.81. The molecule has 1 aliphatic rings. The van der Waals surface area contributed by atoms with Gasteiger partial charge < -0.3 is 9.79 Å². The molecule has 0 amide bonds. The lowest BCUT2D eigenvalue weighted by Gasteiger charge is -2.30. The molecule has 1 aliphatic carbocycles. The van der Waals surface area contributed by atoms with Crippen molar-refractivity contribution in [1.82, 2.24) is 0 Å². The van der Waals surface area contributed by atoms with Crippen molar-refractivity contribution in [2.24, 2.45) is 5.92 Å². The number of unbranched alkanes of at least 4 members (excludes halogenated alkanes) is 4. The summed E-state index contributed by atoms with van der Waals surface area (Å²) in [5.74, 6) is -0.760. The SMILES string of the molecule is CCCCCCCC1([N+](=O)[O-])C=CC=CC1CP(=O)(O)O. The van der Waals surface area contributed by atoms with Gasteiger partial charge in [0.2, 0.25) is 5.54 Å².